The summed E-state index contributed by atoms with van der Waals surface area (Å²) in [4.78, 5) is 13.0. The van der Waals surface area contributed by atoms with Crippen molar-refractivity contribution in [2.24, 2.45) is 0 Å². The number of aryl methyl sites for hydroxylation is 2. The van der Waals surface area contributed by atoms with Crippen LogP contribution in [0.15, 0.2) is 29.6 Å². The third-order valence-electron chi connectivity index (χ3n) is 3.19. The minimum absolute atomic E-state index is 0.0229. The Hall–Kier alpha value is -1.87. The molecule has 0 spiro atoms. The first kappa shape index (κ1) is 17.0. The fraction of sp³-hybridized carbons (Fsp3) is 0.267. The molecule has 0 aromatic carbocycles. The predicted molar refractivity (Wildman–Crippen MR) is 90.2 cm³/mol. The van der Waals surface area contributed by atoms with Crippen LogP contribution < -0.4 is 5.73 Å². The van der Waals surface area contributed by atoms with Gasteiger partial charge >= 0.3 is 6.18 Å². The minimum Gasteiger partial charge on any atom is -0.384 e. The molecule has 0 unspecified atom stereocenters. The lowest BCUT2D eigenvalue weighted by Crippen LogP contribution is -2.11. The maximum Gasteiger partial charge on any atom is 0.433 e. The lowest BCUT2D eigenvalue weighted by Gasteiger charge is -2.08. The quantitative estimate of drug-likeness (QED) is 0.547. The number of alkyl halides is 3. The van der Waals surface area contributed by atoms with Crippen LogP contribution in [-0.2, 0) is 12.6 Å². The molecule has 126 valence electrons. The van der Waals surface area contributed by atoms with Crippen molar-refractivity contribution in [3.8, 4) is 0 Å². The average Bonchev–Trinajstić information content (AvgIpc) is 2.85. The number of hydrogen-bond acceptors (Lipinski definition) is 6. The molecule has 0 radical (unpaired) electrons. The maximum absolute atomic E-state index is 12.7. The monoisotopic (exact) mass is 370 g/mol. The van der Waals surface area contributed by atoms with Gasteiger partial charge in [-0.25, -0.2) is 9.97 Å². The van der Waals surface area contributed by atoms with E-state index in [0.29, 0.717) is 12.2 Å². The number of fused-ring (bicyclic) bond motifs is 1. The van der Waals surface area contributed by atoms with E-state index in [-0.39, 0.29) is 11.0 Å². The molecule has 0 aliphatic heterocycles. The number of nitrogens with two attached hydrogens (primary N) is 1. The van der Waals surface area contributed by atoms with Gasteiger partial charge in [0.2, 0.25) is 0 Å². The van der Waals surface area contributed by atoms with E-state index < -0.39 is 11.9 Å². The third-order valence-corrected chi connectivity index (χ3v) is 5.04. The van der Waals surface area contributed by atoms with Crippen LogP contribution in [0.3, 0.4) is 0 Å². The van der Waals surface area contributed by atoms with Gasteiger partial charge in [0.1, 0.15) is 5.82 Å². The van der Waals surface area contributed by atoms with E-state index in [2.05, 4.69) is 21.0 Å². The number of rotatable bonds is 4. The van der Waals surface area contributed by atoms with Crippen LogP contribution in [0.25, 0.3) is 10.1 Å². The van der Waals surface area contributed by atoms with Crippen LogP contribution in [0.5, 0.6) is 0 Å². The van der Waals surface area contributed by atoms with E-state index in [1.165, 1.54) is 4.88 Å². The first-order valence-electron chi connectivity index (χ1n) is 7.01. The van der Waals surface area contributed by atoms with Crippen LogP contribution in [0.1, 0.15) is 16.3 Å². The smallest absolute Gasteiger partial charge is 0.384 e. The maximum atomic E-state index is 12.7. The minimum atomic E-state index is -4.53. The van der Waals surface area contributed by atoms with Gasteiger partial charge in [-0.15, -0.1) is 11.3 Å². The summed E-state index contributed by atoms with van der Waals surface area (Å²) in [5.74, 6) is 0.329. The highest BCUT2D eigenvalue weighted by atomic mass is 32.2. The van der Waals surface area contributed by atoms with Gasteiger partial charge in [-0.3, -0.25) is 4.98 Å². The average molecular weight is 370 g/mol. The Labute approximate surface area is 144 Å². The number of aromatic nitrogens is 3. The van der Waals surface area contributed by atoms with E-state index >= 15 is 0 Å². The van der Waals surface area contributed by atoms with E-state index in [9.17, 15) is 13.2 Å². The molecule has 3 aromatic heterocycles. The predicted octanol–water partition coefficient (Wildman–Crippen LogP) is 4.33. The van der Waals surface area contributed by atoms with E-state index in [1.807, 2.05) is 19.2 Å². The van der Waals surface area contributed by atoms with Gasteiger partial charge in [-0.05, 0) is 30.9 Å². The van der Waals surface area contributed by atoms with E-state index in [4.69, 9.17) is 5.73 Å². The Morgan fingerprint density at radius 2 is 2.00 bits per heavy atom. The van der Waals surface area contributed by atoms with Crippen LogP contribution in [0.4, 0.5) is 19.0 Å². The number of thiophene rings is 1. The SMILES string of the molecule is Cc1cc2cc(CCSc3nc(N)cc(C(F)(F)F)n3)ncc2s1. The molecular weight excluding hydrogens is 357 g/mol. The molecule has 0 fully saturated rings. The summed E-state index contributed by atoms with van der Waals surface area (Å²) in [6, 6.07) is 4.83. The highest BCUT2D eigenvalue weighted by Crippen LogP contribution is 2.30. The first-order chi connectivity index (χ1) is 11.3. The largest absolute Gasteiger partial charge is 0.433 e. The van der Waals surface area contributed by atoms with Gasteiger partial charge in [0.05, 0.1) is 4.70 Å². The second kappa shape index (κ2) is 6.56. The second-order valence-corrected chi connectivity index (χ2v) is 7.48. The van der Waals surface area contributed by atoms with Crippen molar-refractivity contribution in [3.05, 3.63) is 40.7 Å². The molecular formula is C15H13F3N4S2. The van der Waals surface area contributed by atoms with Gasteiger partial charge < -0.3 is 5.73 Å². The molecule has 0 saturated heterocycles. The second-order valence-electron chi connectivity index (χ2n) is 5.13. The highest BCUT2D eigenvalue weighted by Gasteiger charge is 2.33. The third kappa shape index (κ3) is 3.96. The van der Waals surface area contributed by atoms with Crippen LogP contribution in [0.2, 0.25) is 0 Å². The molecule has 2 N–H and O–H groups in total. The van der Waals surface area contributed by atoms with Crippen molar-refractivity contribution in [2.75, 3.05) is 11.5 Å². The lowest BCUT2D eigenvalue weighted by atomic mass is 10.2. The summed E-state index contributed by atoms with van der Waals surface area (Å²) in [5, 5.41) is 1.15. The number of halogens is 3. The summed E-state index contributed by atoms with van der Waals surface area (Å²) < 4.78 is 39.3. The van der Waals surface area contributed by atoms with Gasteiger partial charge in [-0.1, -0.05) is 11.8 Å². The van der Waals surface area contributed by atoms with Crippen molar-refractivity contribution in [1.82, 2.24) is 15.0 Å². The Morgan fingerprint density at radius 3 is 2.75 bits per heavy atom. The number of anilines is 1. The topological polar surface area (TPSA) is 64.7 Å². The molecule has 9 heteroatoms. The number of nitrogens with zero attached hydrogens (tertiary/aromatic N) is 3. The summed E-state index contributed by atoms with van der Waals surface area (Å²) in [5.41, 5.74) is 5.29. The zero-order valence-corrected chi connectivity index (χ0v) is 14.2. The Bertz CT molecular complexity index is 877. The van der Waals surface area contributed by atoms with E-state index in [0.717, 1.165) is 33.6 Å². The fourth-order valence-corrected chi connectivity index (χ4v) is 3.86. The summed E-state index contributed by atoms with van der Waals surface area (Å²) in [7, 11) is 0. The van der Waals surface area contributed by atoms with Gasteiger partial charge in [-0.2, -0.15) is 13.2 Å². The molecule has 0 aliphatic rings. The zero-order valence-electron chi connectivity index (χ0n) is 12.6. The number of thioether (sulfide) groups is 1. The molecule has 0 amide bonds. The molecule has 3 heterocycles. The fourth-order valence-electron chi connectivity index (χ4n) is 2.16. The summed E-state index contributed by atoms with van der Waals surface area (Å²) in [6.07, 6.45) is -2.10. The molecule has 3 aromatic rings. The Kier molecular flexibility index (Phi) is 4.64. The standard InChI is InChI=1S/C15H13F3N4S2/c1-8-4-9-5-10(20-7-11(9)24-8)2-3-23-14-21-12(15(16,17)18)6-13(19)22-14/h4-7H,2-3H2,1H3,(H2,19,21,22). The highest BCUT2D eigenvalue weighted by molar-refractivity contribution is 7.99. The first-order valence-corrected chi connectivity index (χ1v) is 8.81. The Balaban J connectivity index is 1.68. The van der Waals surface area contributed by atoms with Crippen molar-refractivity contribution >= 4 is 39.0 Å². The van der Waals surface area contributed by atoms with Crippen molar-refractivity contribution in [1.29, 1.82) is 0 Å². The Morgan fingerprint density at radius 1 is 1.21 bits per heavy atom. The molecule has 4 nitrogen and oxygen atoms in total. The van der Waals surface area contributed by atoms with Crippen molar-refractivity contribution in [2.45, 2.75) is 24.7 Å². The molecule has 0 atom stereocenters. The van der Waals surface area contributed by atoms with Crippen molar-refractivity contribution < 1.29 is 13.2 Å². The summed E-state index contributed by atoms with van der Waals surface area (Å²) in [6.45, 7) is 2.04. The van der Waals surface area contributed by atoms with E-state index in [1.54, 1.807) is 11.3 Å². The number of nitrogen functional groups attached to an aromatic ring is 1. The normalized spacial score (nSPS) is 12.0. The molecule has 0 bridgehead atoms. The molecule has 0 saturated carbocycles. The van der Waals surface area contributed by atoms with Gasteiger partial charge in [0, 0.05) is 28.6 Å². The van der Waals surface area contributed by atoms with Crippen LogP contribution in [-0.4, -0.2) is 20.7 Å². The van der Waals surface area contributed by atoms with Crippen LogP contribution >= 0.6 is 23.1 Å². The number of hydrogen-bond donors (Lipinski definition) is 1. The van der Waals surface area contributed by atoms with Gasteiger partial charge in [0.15, 0.2) is 10.9 Å². The lowest BCUT2D eigenvalue weighted by molar-refractivity contribution is -0.141. The summed E-state index contributed by atoms with van der Waals surface area (Å²) >= 11 is 2.81. The van der Waals surface area contributed by atoms with Crippen molar-refractivity contribution in [3.63, 3.8) is 0 Å². The van der Waals surface area contributed by atoms with Gasteiger partial charge in [0.25, 0.3) is 0 Å². The molecule has 0 aliphatic carbocycles. The zero-order chi connectivity index (χ0) is 17.3. The number of pyridine rings is 1. The molecule has 24 heavy (non-hydrogen) atoms. The van der Waals surface area contributed by atoms with Crippen LogP contribution in [0, 0.1) is 6.92 Å². The molecule has 3 rings (SSSR count).